The highest BCUT2D eigenvalue weighted by atomic mass is 32.2. The lowest BCUT2D eigenvalue weighted by atomic mass is 10.2. The fraction of sp³-hybridized carbons (Fsp3) is 0.294. The number of benzene rings is 1. The molecule has 0 aliphatic rings. The van der Waals surface area contributed by atoms with E-state index in [-0.39, 0.29) is 13.1 Å². The number of aromatic nitrogens is 1. The Bertz CT molecular complexity index is 838. The molecule has 0 saturated carbocycles. The Kier molecular flexibility index (Phi) is 5.97. The number of hydrogen-bond acceptors (Lipinski definition) is 5. The van der Waals surface area contributed by atoms with E-state index >= 15 is 0 Å². The van der Waals surface area contributed by atoms with Crippen LogP contribution in [0.4, 0.5) is 5.69 Å². The molecule has 25 heavy (non-hydrogen) atoms. The molecule has 0 bridgehead atoms. The Morgan fingerprint density at radius 1 is 1.28 bits per heavy atom. The van der Waals surface area contributed by atoms with Crippen molar-refractivity contribution in [2.24, 2.45) is 0 Å². The summed E-state index contributed by atoms with van der Waals surface area (Å²) in [5.74, 6) is -0.0480. The monoisotopic (exact) mass is 363 g/mol. The van der Waals surface area contributed by atoms with Gasteiger partial charge in [-0.2, -0.15) is 0 Å². The van der Waals surface area contributed by atoms with Gasteiger partial charge in [0.15, 0.2) is 0 Å². The van der Waals surface area contributed by atoms with Crippen LogP contribution in [0.1, 0.15) is 11.3 Å². The van der Waals surface area contributed by atoms with Crippen molar-refractivity contribution in [3.05, 3.63) is 53.9 Å². The first-order chi connectivity index (χ1) is 11.8. The molecule has 0 fully saturated rings. The van der Waals surface area contributed by atoms with Gasteiger partial charge in [-0.15, -0.1) is 0 Å². The van der Waals surface area contributed by atoms with Crippen LogP contribution in [0.5, 0.6) is 5.75 Å². The second-order valence-electron chi connectivity index (χ2n) is 5.54. The van der Waals surface area contributed by atoms with Gasteiger partial charge >= 0.3 is 0 Å². The molecule has 0 saturated heterocycles. The fourth-order valence-corrected chi connectivity index (χ4v) is 3.11. The number of methoxy groups -OCH3 is 1. The lowest BCUT2D eigenvalue weighted by Crippen LogP contribution is -2.40. The van der Waals surface area contributed by atoms with Crippen LogP contribution in [-0.2, 0) is 21.4 Å². The summed E-state index contributed by atoms with van der Waals surface area (Å²) in [6.45, 7) is 1.72. The van der Waals surface area contributed by atoms with Crippen molar-refractivity contribution < 1.29 is 17.9 Å². The number of nitrogens with one attached hydrogen (secondary N) is 1. The predicted octanol–water partition coefficient (Wildman–Crippen LogP) is 1.48. The van der Waals surface area contributed by atoms with E-state index in [0.717, 1.165) is 16.1 Å². The number of rotatable bonds is 7. The van der Waals surface area contributed by atoms with Gasteiger partial charge in [-0.05, 0) is 36.8 Å². The molecule has 2 aromatic rings. The van der Waals surface area contributed by atoms with Gasteiger partial charge in [0.1, 0.15) is 12.3 Å². The number of carbonyl (C=O) groups excluding carboxylic acids is 1. The molecule has 0 aliphatic carbocycles. The number of nitrogens with zero attached hydrogens (tertiary/aromatic N) is 2. The van der Waals surface area contributed by atoms with Gasteiger partial charge in [0.25, 0.3) is 0 Å². The minimum atomic E-state index is -3.67. The van der Waals surface area contributed by atoms with Crippen molar-refractivity contribution in [2.45, 2.75) is 13.5 Å². The van der Waals surface area contributed by atoms with Crippen molar-refractivity contribution in [3.8, 4) is 5.75 Å². The molecule has 7 nitrogen and oxygen atoms in total. The van der Waals surface area contributed by atoms with Crippen molar-refractivity contribution in [2.75, 3.05) is 24.2 Å². The number of pyridine rings is 1. The third-order valence-corrected chi connectivity index (χ3v) is 4.61. The summed E-state index contributed by atoms with van der Waals surface area (Å²) < 4.78 is 30.7. The maximum Gasteiger partial charge on any atom is 0.241 e. The molecule has 0 aliphatic heterocycles. The first kappa shape index (κ1) is 18.7. The Labute approximate surface area is 147 Å². The quantitative estimate of drug-likeness (QED) is 0.805. The van der Waals surface area contributed by atoms with Crippen LogP contribution < -0.4 is 14.4 Å². The highest BCUT2D eigenvalue weighted by Gasteiger charge is 2.24. The van der Waals surface area contributed by atoms with Crippen LogP contribution in [0, 0.1) is 6.92 Å². The van der Waals surface area contributed by atoms with Crippen LogP contribution in [-0.4, -0.2) is 39.2 Å². The van der Waals surface area contributed by atoms with Crippen LogP contribution in [0.3, 0.4) is 0 Å². The molecule has 2 rings (SSSR count). The number of anilines is 1. The van der Waals surface area contributed by atoms with Gasteiger partial charge < -0.3 is 10.1 Å². The Hall–Kier alpha value is -2.61. The zero-order valence-electron chi connectivity index (χ0n) is 14.4. The van der Waals surface area contributed by atoms with E-state index in [0.29, 0.717) is 17.1 Å². The number of carbonyl (C=O) groups is 1. The molecule has 134 valence electrons. The zero-order chi connectivity index (χ0) is 18.4. The summed E-state index contributed by atoms with van der Waals surface area (Å²) in [6.07, 6.45) is 2.68. The summed E-state index contributed by atoms with van der Waals surface area (Å²) in [7, 11) is -2.21. The number of hydrogen-bond donors (Lipinski definition) is 1. The molecule has 1 N–H and O–H groups in total. The van der Waals surface area contributed by atoms with E-state index in [1.165, 1.54) is 7.11 Å². The molecule has 8 heteroatoms. The van der Waals surface area contributed by atoms with Crippen LogP contribution in [0.2, 0.25) is 0 Å². The smallest absolute Gasteiger partial charge is 0.241 e. The molecule has 1 aromatic heterocycles. The van der Waals surface area contributed by atoms with Gasteiger partial charge in [-0.1, -0.05) is 12.1 Å². The summed E-state index contributed by atoms with van der Waals surface area (Å²) in [6, 6.07) is 10.5. The lowest BCUT2D eigenvalue weighted by Gasteiger charge is -2.24. The van der Waals surface area contributed by atoms with Gasteiger partial charge in [-0.25, -0.2) is 8.42 Å². The third kappa shape index (κ3) is 5.18. The standard InChI is InChI=1S/C17H21N3O4S/c1-13-7-8-16(24-2)15(10-13)20(25(3,22)23)12-17(21)19-11-14-6-4-5-9-18-14/h4-10H,11-12H2,1-3H3,(H,19,21). The highest BCUT2D eigenvalue weighted by Crippen LogP contribution is 2.30. The summed E-state index contributed by atoms with van der Waals surface area (Å²) in [4.78, 5) is 16.4. The molecule has 1 heterocycles. The van der Waals surface area contributed by atoms with E-state index in [9.17, 15) is 13.2 Å². The largest absolute Gasteiger partial charge is 0.495 e. The number of aryl methyl sites for hydroxylation is 1. The Morgan fingerprint density at radius 2 is 2.04 bits per heavy atom. The highest BCUT2D eigenvalue weighted by molar-refractivity contribution is 7.92. The molecule has 0 spiro atoms. The minimum Gasteiger partial charge on any atom is -0.495 e. The Morgan fingerprint density at radius 3 is 2.64 bits per heavy atom. The van der Waals surface area contributed by atoms with E-state index in [2.05, 4.69) is 10.3 Å². The molecular weight excluding hydrogens is 342 g/mol. The van der Waals surface area contributed by atoms with Gasteiger partial charge in [0, 0.05) is 6.20 Å². The average molecular weight is 363 g/mol. The zero-order valence-corrected chi connectivity index (χ0v) is 15.2. The summed E-state index contributed by atoms with van der Waals surface area (Å²) in [5, 5.41) is 2.68. The number of ether oxygens (including phenoxy) is 1. The normalized spacial score (nSPS) is 11.0. The summed E-state index contributed by atoms with van der Waals surface area (Å²) in [5.41, 5.74) is 1.88. The van der Waals surface area contributed by atoms with Crippen molar-refractivity contribution in [1.29, 1.82) is 0 Å². The molecule has 0 unspecified atom stereocenters. The fourth-order valence-electron chi connectivity index (χ4n) is 2.25. The van der Waals surface area contributed by atoms with Gasteiger partial charge in [0.2, 0.25) is 15.9 Å². The van der Waals surface area contributed by atoms with Gasteiger partial charge in [0.05, 0.1) is 31.3 Å². The second-order valence-corrected chi connectivity index (χ2v) is 7.45. The first-order valence-corrected chi connectivity index (χ1v) is 9.45. The molecule has 0 radical (unpaired) electrons. The van der Waals surface area contributed by atoms with E-state index in [4.69, 9.17) is 4.74 Å². The second kappa shape index (κ2) is 7.98. The maximum absolute atomic E-state index is 12.2. The van der Waals surface area contributed by atoms with Crippen molar-refractivity contribution in [1.82, 2.24) is 10.3 Å². The lowest BCUT2D eigenvalue weighted by molar-refractivity contribution is -0.119. The van der Waals surface area contributed by atoms with Crippen molar-refractivity contribution in [3.63, 3.8) is 0 Å². The topological polar surface area (TPSA) is 88.6 Å². The molecule has 0 atom stereocenters. The average Bonchev–Trinajstić information content (AvgIpc) is 2.57. The maximum atomic E-state index is 12.2. The van der Waals surface area contributed by atoms with E-state index < -0.39 is 15.9 Å². The SMILES string of the molecule is COc1ccc(C)cc1N(CC(=O)NCc1ccccn1)S(C)(=O)=O. The molecule has 1 aromatic carbocycles. The predicted molar refractivity (Wildman–Crippen MR) is 96.0 cm³/mol. The minimum absolute atomic E-state index is 0.224. The molecular formula is C17H21N3O4S. The van der Waals surface area contributed by atoms with Crippen LogP contribution in [0.25, 0.3) is 0 Å². The van der Waals surface area contributed by atoms with Gasteiger partial charge in [-0.3, -0.25) is 14.1 Å². The van der Waals surface area contributed by atoms with E-state index in [1.807, 2.05) is 19.1 Å². The first-order valence-electron chi connectivity index (χ1n) is 7.60. The van der Waals surface area contributed by atoms with Crippen LogP contribution in [0.15, 0.2) is 42.6 Å². The van der Waals surface area contributed by atoms with Crippen LogP contribution >= 0.6 is 0 Å². The third-order valence-electron chi connectivity index (χ3n) is 3.48. The Balaban J connectivity index is 2.19. The number of sulfonamides is 1. The van der Waals surface area contributed by atoms with E-state index in [1.54, 1.807) is 30.5 Å². The summed E-state index contributed by atoms with van der Waals surface area (Å²) >= 11 is 0. The van der Waals surface area contributed by atoms with Crippen molar-refractivity contribution >= 4 is 21.6 Å². The number of amides is 1. The molecule has 1 amide bonds.